The molecule has 0 aromatic heterocycles. The molecule has 94 valence electrons. The molecule has 1 N–H and O–H groups in total. The van der Waals surface area contributed by atoms with E-state index in [4.69, 9.17) is 0 Å². The second-order valence-corrected chi connectivity index (χ2v) is 6.61. The van der Waals surface area contributed by atoms with Crippen LogP contribution in [0, 0.1) is 5.92 Å². The second-order valence-electron chi connectivity index (χ2n) is 5.46. The van der Waals surface area contributed by atoms with Crippen LogP contribution in [-0.2, 0) is 0 Å². The van der Waals surface area contributed by atoms with Crippen LogP contribution in [0.2, 0.25) is 0 Å². The van der Waals surface area contributed by atoms with Gasteiger partial charge in [0.2, 0.25) is 0 Å². The maximum atomic E-state index is 3.41. The van der Waals surface area contributed by atoms with Gasteiger partial charge in [-0.25, -0.2) is 0 Å². The molecule has 0 aromatic rings. The minimum absolute atomic E-state index is 0.784. The summed E-state index contributed by atoms with van der Waals surface area (Å²) in [5.74, 6) is 3.76. The summed E-state index contributed by atoms with van der Waals surface area (Å²) < 4.78 is 0. The van der Waals surface area contributed by atoms with E-state index in [1.165, 1.54) is 50.2 Å². The lowest BCUT2D eigenvalue weighted by molar-refractivity contribution is 0.159. The molecule has 2 fully saturated rings. The van der Waals surface area contributed by atoms with E-state index < -0.39 is 0 Å². The highest BCUT2D eigenvalue weighted by molar-refractivity contribution is 7.99. The van der Waals surface area contributed by atoms with Crippen LogP contribution in [0.25, 0.3) is 0 Å². The van der Waals surface area contributed by atoms with Crippen molar-refractivity contribution in [3.05, 3.63) is 0 Å². The molecule has 2 aliphatic rings. The van der Waals surface area contributed by atoms with Crippen LogP contribution < -0.4 is 5.32 Å². The zero-order valence-electron chi connectivity index (χ0n) is 10.7. The van der Waals surface area contributed by atoms with Crippen molar-refractivity contribution in [3.63, 3.8) is 0 Å². The fourth-order valence-corrected chi connectivity index (χ4v) is 4.36. The Hall–Kier alpha value is 0.270. The molecular weight excluding hydrogens is 216 g/mol. The summed E-state index contributed by atoms with van der Waals surface area (Å²) in [7, 11) is 4.44. The van der Waals surface area contributed by atoms with Crippen LogP contribution in [-0.4, -0.2) is 49.1 Å². The van der Waals surface area contributed by atoms with E-state index in [1.807, 2.05) is 0 Å². The fourth-order valence-electron chi connectivity index (χ4n) is 3.09. The van der Waals surface area contributed by atoms with Crippen molar-refractivity contribution < 1.29 is 0 Å². The molecule has 1 saturated heterocycles. The lowest BCUT2D eigenvalue weighted by Crippen LogP contribution is -2.41. The Morgan fingerprint density at radius 2 is 1.94 bits per heavy atom. The zero-order chi connectivity index (χ0) is 11.4. The van der Waals surface area contributed by atoms with Crippen molar-refractivity contribution in [2.24, 2.45) is 5.92 Å². The van der Waals surface area contributed by atoms with Crippen molar-refractivity contribution in [2.75, 3.05) is 32.1 Å². The maximum Gasteiger partial charge on any atom is 0.00934 e. The fraction of sp³-hybridized carbons (Fsp3) is 1.00. The first-order valence-electron chi connectivity index (χ1n) is 6.75. The van der Waals surface area contributed by atoms with Crippen LogP contribution in [0.5, 0.6) is 0 Å². The molecule has 2 nitrogen and oxygen atoms in total. The number of hydrogen-bond donors (Lipinski definition) is 1. The highest BCUT2D eigenvalue weighted by atomic mass is 32.2. The first kappa shape index (κ1) is 12.7. The van der Waals surface area contributed by atoms with Crippen molar-refractivity contribution in [2.45, 2.75) is 44.2 Å². The minimum atomic E-state index is 0.784. The van der Waals surface area contributed by atoms with Gasteiger partial charge in [0.25, 0.3) is 0 Å². The van der Waals surface area contributed by atoms with Gasteiger partial charge in [-0.2, -0.15) is 11.8 Å². The van der Waals surface area contributed by atoms with E-state index >= 15 is 0 Å². The van der Waals surface area contributed by atoms with Crippen molar-refractivity contribution >= 4 is 11.8 Å². The largest absolute Gasteiger partial charge is 0.317 e. The summed E-state index contributed by atoms with van der Waals surface area (Å²) in [5, 5.41) is 3.41. The molecule has 1 saturated carbocycles. The minimum Gasteiger partial charge on any atom is -0.317 e. The van der Waals surface area contributed by atoms with Crippen LogP contribution in [0.3, 0.4) is 0 Å². The van der Waals surface area contributed by atoms with Gasteiger partial charge in [-0.1, -0.05) is 0 Å². The van der Waals surface area contributed by atoms with E-state index in [9.17, 15) is 0 Å². The average Bonchev–Trinajstić information content (AvgIpc) is 2.82. The molecule has 0 amide bonds. The standard InChI is InChI=1S/C13H26N2S/c1-14-12-3-5-13(6-4-12)15(2)9-11-7-8-16-10-11/h11-14H,3-10H2,1-2H3. The summed E-state index contributed by atoms with van der Waals surface area (Å²) in [6.07, 6.45) is 6.96. The summed E-state index contributed by atoms with van der Waals surface area (Å²) >= 11 is 2.14. The number of hydrogen-bond acceptors (Lipinski definition) is 3. The Morgan fingerprint density at radius 3 is 2.50 bits per heavy atom. The van der Waals surface area contributed by atoms with Gasteiger partial charge < -0.3 is 10.2 Å². The monoisotopic (exact) mass is 242 g/mol. The first-order chi connectivity index (χ1) is 7.79. The molecule has 0 bridgehead atoms. The molecule has 3 heteroatoms. The van der Waals surface area contributed by atoms with Gasteiger partial charge in [0.15, 0.2) is 0 Å². The normalized spacial score (nSPS) is 35.8. The third kappa shape index (κ3) is 3.38. The summed E-state index contributed by atoms with van der Waals surface area (Å²) in [6.45, 7) is 1.34. The Balaban J connectivity index is 1.70. The third-order valence-electron chi connectivity index (χ3n) is 4.30. The Labute approximate surface area is 105 Å². The summed E-state index contributed by atoms with van der Waals surface area (Å²) in [5.41, 5.74) is 0. The molecule has 0 radical (unpaired) electrons. The van der Waals surface area contributed by atoms with Crippen molar-refractivity contribution in [3.8, 4) is 0 Å². The van der Waals surface area contributed by atoms with E-state index in [0.717, 1.165) is 18.0 Å². The van der Waals surface area contributed by atoms with Gasteiger partial charge in [0.05, 0.1) is 0 Å². The smallest absolute Gasteiger partial charge is 0.00934 e. The van der Waals surface area contributed by atoms with E-state index in [0.29, 0.717) is 0 Å². The zero-order valence-corrected chi connectivity index (χ0v) is 11.6. The van der Waals surface area contributed by atoms with E-state index in [1.54, 1.807) is 0 Å². The lowest BCUT2D eigenvalue weighted by atomic mass is 9.90. The Morgan fingerprint density at radius 1 is 1.19 bits per heavy atom. The molecule has 2 rings (SSSR count). The first-order valence-corrected chi connectivity index (χ1v) is 7.90. The molecule has 16 heavy (non-hydrogen) atoms. The predicted octanol–water partition coefficient (Wildman–Crippen LogP) is 2.20. The van der Waals surface area contributed by atoms with Crippen LogP contribution in [0.4, 0.5) is 0 Å². The number of rotatable bonds is 4. The van der Waals surface area contributed by atoms with Gasteiger partial charge in [0, 0.05) is 18.6 Å². The molecule has 0 spiro atoms. The SMILES string of the molecule is CNC1CCC(N(C)CC2CCSC2)CC1. The van der Waals surface area contributed by atoms with Gasteiger partial charge in [0.1, 0.15) is 0 Å². The maximum absolute atomic E-state index is 3.41. The highest BCUT2D eigenvalue weighted by Gasteiger charge is 2.25. The van der Waals surface area contributed by atoms with Crippen molar-refractivity contribution in [1.82, 2.24) is 10.2 Å². The van der Waals surface area contributed by atoms with Gasteiger partial charge in [-0.3, -0.25) is 0 Å². The predicted molar refractivity (Wildman–Crippen MR) is 73.2 cm³/mol. The molecule has 1 aliphatic heterocycles. The van der Waals surface area contributed by atoms with Crippen LogP contribution >= 0.6 is 11.8 Å². The lowest BCUT2D eigenvalue weighted by Gasteiger charge is -2.35. The van der Waals surface area contributed by atoms with Gasteiger partial charge in [-0.05, 0) is 63.6 Å². The number of thioether (sulfide) groups is 1. The molecular formula is C13H26N2S. The van der Waals surface area contributed by atoms with Crippen LogP contribution in [0.15, 0.2) is 0 Å². The number of nitrogens with zero attached hydrogens (tertiary/aromatic N) is 1. The quantitative estimate of drug-likeness (QED) is 0.814. The molecule has 1 unspecified atom stereocenters. The molecule has 1 atom stereocenters. The van der Waals surface area contributed by atoms with E-state index in [2.05, 4.69) is 36.1 Å². The third-order valence-corrected chi connectivity index (χ3v) is 5.53. The van der Waals surface area contributed by atoms with Crippen LogP contribution in [0.1, 0.15) is 32.1 Å². The average molecular weight is 242 g/mol. The van der Waals surface area contributed by atoms with Gasteiger partial charge in [-0.15, -0.1) is 0 Å². The molecule has 0 aromatic carbocycles. The van der Waals surface area contributed by atoms with Gasteiger partial charge >= 0.3 is 0 Å². The number of nitrogens with one attached hydrogen (secondary N) is 1. The van der Waals surface area contributed by atoms with Crippen molar-refractivity contribution in [1.29, 1.82) is 0 Å². The Kier molecular flexibility index (Phi) is 4.98. The highest BCUT2D eigenvalue weighted by Crippen LogP contribution is 2.27. The topological polar surface area (TPSA) is 15.3 Å². The summed E-state index contributed by atoms with van der Waals surface area (Å²) in [6, 6.07) is 1.64. The second kappa shape index (κ2) is 6.27. The molecule has 1 heterocycles. The van der Waals surface area contributed by atoms with E-state index in [-0.39, 0.29) is 0 Å². The molecule has 1 aliphatic carbocycles. The Bertz CT molecular complexity index is 196. The summed E-state index contributed by atoms with van der Waals surface area (Å²) in [4.78, 5) is 2.64.